The highest BCUT2D eigenvalue weighted by molar-refractivity contribution is 7.18. The van der Waals surface area contributed by atoms with Crippen LogP contribution in [-0.4, -0.2) is 50.0 Å². The summed E-state index contributed by atoms with van der Waals surface area (Å²) in [5.41, 5.74) is 0.646. The number of hydrogen-bond donors (Lipinski definition) is 1. The number of esters is 1. The van der Waals surface area contributed by atoms with E-state index in [1.807, 2.05) is 0 Å². The first kappa shape index (κ1) is 21.7. The van der Waals surface area contributed by atoms with Crippen molar-refractivity contribution in [1.82, 2.24) is 4.90 Å². The Morgan fingerprint density at radius 3 is 2.39 bits per heavy atom. The number of nitrogens with one attached hydrogen (secondary N) is 1. The smallest absolute Gasteiger partial charge is 0.341 e. The largest absolute Gasteiger partial charge is 0.484 e. The molecule has 7 nitrogen and oxygen atoms in total. The molecule has 0 aliphatic rings. The lowest BCUT2D eigenvalue weighted by Gasteiger charge is -2.09. The average molecular weight is 425 g/mol. The van der Waals surface area contributed by atoms with Gasteiger partial charge in [-0.1, -0.05) is 11.6 Å². The van der Waals surface area contributed by atoms with Crippen LogP contribution in [0.25, 0.3) is 0 Å². The molecular weight excluding hydrogens is 404 g/mol. The minimum absolute atomic E-state index is 0.178. The summed E-state index contributed by atoms with van der Waals surface area (Å²) >= 11 is 6.84. The van der Waals surface area contributed by atoms with Gasteiger partial charge in [0.05, 0.1) is 17.0 Å². The van der Waals surface area contributed by atoms with E-state index in [-0.39, 0.29) is 29.7 Å². The molecular formula is C19H21ClN2O5S. The molecule has 0 bridgehead atoms. The Balaban J connectivity index is 2.21. The third kappa shape index (κ3) is 5.24. The number of nitrogens with zero attached hydrogens (tertiary/aromatic N) is 1. The second-order valence-electron chi connectivity index (χ2n) is 5.97. The summed E-state index contributed by atoms with van der Waals surface area (Å²) in [5.74, 6) is -0.837. The number of amides is 2. The topological polar surface area (TPSA) is 84.9 Å². The van der Waals surface area contributed by atoms with Crippen LogP contribution in [0, 0.1) is 6.92 Å². The van der Waals surface area contributed by atoms with Gasteiger partial charge in [-0.15, -0.1) is 11.3 Å². The average Bonchev–Trinajstić information content (AvgIpc) is 2.96. The third-order valence-electron chi connectivity index (χ3n) is 3.66. The van der Waals surface area contributed by atoms with Gasteiger partial charge in [0.1, 0.15) is 10.8 Å². The molecule has 0 aliphatic heterocycles. The lowest BCUT2D eigenvalue weighted by atomic mass is 10.1. The van der Waals surface area contributed by atoms with Gasteiger partial charge < -0.3 is 19.7 Å². The van der Waals surface area contributed by atoms with Crippen molar-refractivity contribution in [1.29, 1.82) is 0 Å². The number of thiophene rings is 1. The first-order valence-electron chi connectivity index (χ1n) is 8.45. The maximum absolute atomic E-state index is 12.4. The van der Waals surface area contributed by atoms with E-state index >= 15 is 0 Å². The fraction of sp³-hybridized carbons (Fsp3) is 0.316. The Morgan fingerprint density at radius 1 is 1.18 bits per heavy atom. The number of anilines is 1. The molecule has 0 saturated heterocycles. The van der Waals surface area contributed by atoms with Crippen LogP contribution in [0.15, 0.2) is 24.3 Å². The maximum Gasteiger partial charge on any atom is 0.341 e. The molecule has 9 heteroatoms. The van der Waals surface area contributed by atoms with Crippen LogP contribution in [0.1, 0.15) is 32.5 Å². The van der Waals surface area contributed by atoms with Crippen molar-refractivity contribution in [2.45, 2.75) is 13.8 Å². The number of carbonyl (C=O) groups is 3. The zero-order valence-corrected chi connectivity index (χ0v) is 17.6. The summed E-state index contributed by atoms with van der Waals surface area (Å²) in [5, 5.41) is 3.46. The molecule has 0 saturated carbocycles. The molecule has 1 N–H and O–H groups in total. The summed E-state index contributed by atoms with van der Waals surface area (Å²) in [6, 6.07) is 6.58. The number of rotatable bonds is 7. The second-order valence-corrected chi connectivity index (χ2v) is 7.43. The molecule has 2 rings (SSSR count). The Morgan fingerprint density at radius 2 is 1.82 bits per heavy atom. The zero-order valence-electron chi connectivity index (χ0n) is 16.0. The normalized spacial score (nSPS) is 10.3. The number of ether oxygens (including phenoxy) is 2. The standard InChI is InChI=1S/C19H21ClN2O5S/c1-5-26-19(25)15-11(2)16(18(24)22(3)4)28-17(15)21-14(23)10-27-13-8-6-12(20)7-9-13/h6-9H,5,10H2,1-4H3,(H,21,23). The van der Waals surface area contributed by atoms with E-state index in [4.69, 9.17) is 21.1 Å². The molecule has 150 valence electrons. The van der Waals surface area contributed by atoms with Gasteiger partial charge in [0, 0.05) is 19.1 Å². The van der Waals surface area contributed by atoms with Crippen LogP contribution in [-0.2, 0) is 9.53 Å². The van der Waals surface area contributed by atoms with Gasteiger partial charge >= 0.3 is 5.97 Å². The molecule has 0 unspecified atom stereocenters. The van der Waals surface area contributed by atoms with E-state index in [2.05, 4.69) is 5.32 Å². The molecule has 2 aromatic rings. The molecule has 0 spiro atoms. The van der Waals surface area contributed by atoms with E-state index in [1.165, 1.54) is 4.90 Å². The van der Waals surface area contributed by atoms with Crippen LogP contribution in [0.5, 0.6) is 5.75 Å². The van der Waals surface area contributed by atoms with E-state index in [1.54, 1.807) is 52.2 Å². The maximum atomic E-state index is 12.4. The molecule has 2 amide bonds. The highest BCUT2D eigenvalue weighted by Crippen LogP contribution is 2.34. The third-order valence-corrected chi connectivity index (χ3v) is 5.11. The van der Waals surface area contributed by atoms with Gasteiger partial charge in [-0.25, -0.2) is 4.79 Å². The van der Waals surface area contributed by atoms with E-state index in [0.29, 0.717) is 21.2 Å². The molecule has 1 heterocycles. The predicted molar refractivity (Wildman–Crippen MR) is 109 cm³/mol. The van der Waals surface area contributed by atoms with Crippen molar-refractivity contribution in [3.63, 3.8) is 0 Å². The molecule has 1 aromatic heterocycles. The van der Waals surface area contributed by atoms with E-state index < -0.39 is 11.9 Å². The molecule has 0 radical (unpaired) electrons. The van der Waals surface area contributed by atoms with Crippen LogP contribution in [0.2, 0.25) is 5.02 Å². The second kappa shape index (κ2) is 9.57. The summed E-state index contributed by atoms with van der Waals surface area (Å²) in [6.07, 6.45) is 0. The molecule has 0 atom stereocenters. The number of halogens is 1. The van der Waals surface area contributed by atoms with Gasteiger partial charge in [0.25, 0.3) is 11.8 Å². The monoisotopic (exact) mass is 424 g/mol. The summed E-state index contributed by atoms with van der Waals surface area (Å²) in [7, 11) is 3.23. The van der Waals surface area contributed by atoms with Crippen molar-refractivity contribution >= 4 is 45.7 Å². The number of benzene rings is 1. The van der Waals surface area contributed by atoms with Crippen LogP contribution in [0.3, 0.4) is 0 Å². The lowest BCUT2D eigenvalue weighted by Crippen LogP contribution is -2.21. The van der Waals surface area contributed by atoms with Gasteiger partial charge in [-0.05, 0) is 43.7 Å². The first-order chi connectivity index (χ1) is 13.2. The van der Waals surface area contributed by atoms with Gasteiger partial charge in [-0.3, -0.25) is 9.59 Å². The summed E-state index contributed by atoms with van der Waals surface area (Å²) in [4.78, 5) is 38.8. The molecule has 0 fully saturated rings. The number of hydrogen-bond acceptors (Lipinski definition) is 6. The zero-order chi connectivity index (χ0) is 20.8. The summed E-state index contributed by atoms with van der Waals surface area (Å²) < 4.78 is 10.5. The van der Waals surface area contributed by atoms with Crippen LogP contribution in [0.4, 0.5) is 5.00 Å². The van der Waals surface area contributed by atoms with Crippen LogP contribution < -0.4 is 10.1 Å². The Kier molecular flexibility index (Phi) is 7.42. The summed E-state index contributed by atoms with van der Waals surface area (Å²) in [6.45, 7) is 3.25. The molecule has 1 aromatic carbocycles. The van der Waals surface area contributed by atoms with E-state index in [0.717, 1.165) is 11.3 Å². The highest BCUT2D eigenvalue weighted by atomic mass is 35.5. The predicted octanol–water partition coefficient (Wildman–Crippen LogP) is 3.61. The van der Waals surface area contributed by atoms with Crippen molar-refractivity contribution in [2.24, 2.45) is 0 Å². The molecule has 0 aliphatic carbocycles. The minimum Gasteiger partial charge on any atom is -0.484 e. The van der Waals surface area contributed by atoms with Crippen LogP contribution >= 0.6 is 22.9 Å². The van der Waals surface area contributed by atoms with Gasteiger partial charge in [-0.2, -0.15) is 0 Å². The number of carbonyl (C=O) groups excluding carboxylic acids is 3. The fourth-order valence-corrected chi connectivity index (χ4v) is 3.66. The van der Waals surface area contributed by atoms with Gasteiger partial charge in [0.2, 0.25) is 0 Å². The Bertz CT molecular complexity index is 877. The van der Waals surface area contributed by atoms with Crippen molar-refractivity contribution in [2.75, 3.05) is 32.6 Å². The van der Waals surface area contributed by atoms with Crippen molar-refractivity contribution < 1.29 is 23.9 Å². The molecule has 28 heavy (non-hydrogen) atoms. The Hall–Kier alpha value is -2.58. The Labute approximate surface area is 172 Å². The highest BCUT2D eigenvalue weighted by Gasteiger charge is 2.27. The minimum atomic E-state index is -0.594. The SMILES string of the molecule is CCOC(=O)c1c(NC(=O)COc2ccc(Cl)cc2)sc(C(=O)N(C)C)c1C. The quantitative estimate of drug-likeness (QED) is 0.686. The van der Waals surface area contributed by atoms with Crippen molar-refractivity contribution in [3.05, 3.63) is 45.3 Å². The van der Waals surface area contributed by atoms with Crippen molar-refractivity contribution in [3.8, 4) is 5.75 Å². The lowest BCUT2D eigenvalue weighted by molar-refractivity contribution is -0.118. The fourth-order valence-electron chi connectivity index (χ4n) is 2.30. The first-order valence-corrected chi connectivity index (χ1v) is 9.64. The van der Waals surface area contributed by atoms with E-state index in [9.17, 15) is 14.4 Å². The van der Waals surface area contributed by atoms with Gasteiger partial charge in [0.15, 0.2) is 6.61 Å².